The summed E-state index contributed by atoms with van der Waals surface area (Å²) < 4.78 is 10.9. The second-order valence-electron chi connectivity index (χ2n) is 5.33. The number of carbonyl (C=O) groups excluding carboxylic acids is 2. The Kier molecular flexibility index (Phi) is 4.43. The Labute approximate surface area is 134 Å². The number of nitrogens with zero attached hydrogens (tertiary/aromatic N) is 1. The first-order valence-corrected chi connectivity index (χ1v) is 7.48. The van der Waals surface area contributed by atoms with Gasteiger partial charge in [0.1, 0.15) is 5.76 Å². The molecule has 0 unspecified atom stereocenters. The molecule has 6 nitrogen and oxygen atoms in total. The van der Waals surface area contributed by atoms with Crippen LogP contribution in [0.4, 0.5) is 5.69 Å². The quantitative estimate of drug-likeness (QED) is 0.944. The van der Waals surface area contributed by atoms with Gasteiger partial charge >= 0.3 is 0 Å². The average Bonchev–Trinajstić information content (AvgIpc) is 3.04. The van der Waals surface area contributed by atoms with Gasteiger partial charge in [0.15, 0.2) is 5.76 Å². The number of rotatable bonds is 3. The van der Waals surface area contributed by atoms with Gasteiger partial charge in [0.05, 0.1) is 13.2 Å². The van der Waals surface area contributed by atoms with Crippen LogP contribution >= 0.6 is 0 Å². The highest BCUT2D eigenvalue weighted by atomic mass is 16.5. The molecular weight excluding hydrogens is 296 g/mol. The van der Waals surface area contributed by atoms with E-state index in [2.05, 4.69) is 5.32 Å². The maximum absolute atomic E-state index is 12.4. The number of amides is 2. The van der Waals surface area contributed by atoms with E-state index in [1.807, 2.05) is 18.2 Å². The zero-order valence-corrected chi connectivity index (χ0v) is 12.9. The van der Waals surface area contributed by atoms with Crippen molar-refractivity contribution >= 4 is 17.5 Å². The molecule has 0 bridgehead atoms. The van der Waals surface area contributed by atoms with E-state index in [1.165, 1.54) is 6.92 Å². The van der Waals surface area contributed by atoms with Crippen LogP contribution in [0.25, 0.3) is 11.3 Å². The fraction of sp³-hybridized carbons (Fsp3) is 0.294. The van der Waals surface area contributed by atoms with Crippen molar-refractivity contribution < 1.29 is 18.7 Å². The topological polar surface area (TPSA) is 71.8 Å². The van der Waals surface area contributed by atoms with Crippen molar-refractivity contribution in [2.45, 2.75) is 6.92 Å². The number of ether oxygens (including phenoxy) is 1. The summed E-state index contributed by atoms with van der Waals surface area (Å²) >= 11 is 0. The van der Waals surface area contributed by atoms with Crippen molar-refractivity contribution in [3.63, 3.8) is 0 Å². The Morgan fingerprint density at radius 1 is 1.13 bits per heavy atom. The second kappa shape index (κ2) is 6.66. The van der Waals surface area contributed by atoms with Crippen LogP contribution in [0.2, 0.25) is 0 Å². The molecule has 2 aromatic rings. The van der Waals surface area contributed by atoms with Crippen molar-refractivity contribution in [2.24, 2.45) is 0 Å². The molecule has 6 heteroatoms. The smallest absolute Gasteiger partial charge is 0.289 e. The summed E-state index contributed by atoms with van der Waals surface area (Å²) in [6, 6.07) is 10.7. The molecule has 0 atom stereocenters. The molecule has 0 spiro atoms. The highest BCUT2D eigenvalue weighted by Crippen LogP contribution is 2.25. The maximum Gasteiger partial charge on any atom is 0.289 e. The molecule has 0 radical (unpaired) electrons. The Morgan fingerprint density at radius 3 is 2.65 bits per heavy atom. The van der Waals surface area contributed by atoms with Crippen LogP contribution in [0.5, 0.6) is 0 Å². The van der Waals surface area contributed by atoms with E-state index in [-0.39, 0.29) is 11.8 Å². The first-order chi connectivity index (χ1) is 11.1. The Bertz CT molecular complexity index is 717. The van der Waals surface area contributed by atoms with Gasteiger partial charge < -0.3 is 19.4 Å². The lowest BCUT2D eigenvalue weighted by Crippen LogP contribution is -2.40. The van der Waals surface area contributed by atoms with Crippen molar-refractivity contribution in [3.05, 3.63) is 42.2 Å². The molecule has 1 saturated heterocycles. The average molecular weight is 314 g/mol. The summed E-state index contributed by atoms with van der Waals surface area (Å²) in [4.78, 5) is 25.2. The van der Waals surface area contributed by atoms with Crippen LogP contribution in [-0.2, 0) is 9.53 Å². The van der Waals surface area contributed by atoms with Gasteiger partial charge in [-0.2, -0.15) is 0 Å². The van der Waals surface area contributed by atoms with E-state index in [4.69, 9.17) is 9.15 Å². The monoisotopic (exact) mass is 314 g/mol. The predicted octanol–water partition coefficient (Wildman–Crippen LogP) is 2.38. The van der Waals surface area contributed by atoms with Gasteiger partial charge in [-0.05, 0) is 24.3 Å². The summed E-state index contributed by atoms with van der Waals surface area (Å²) in [6.45, 7) is 3.72. The molecule has 23 heavy (non-hydrogen) atoms. The van der Waals surface area contributed by atoms with Gasteiger partial charge in [-0.1, -0.05) is 12.1 Å². The highest BCUT2D eigenvalue weighted by Gasteiger charge is 2.21. The van der Waals surface area contributed by atoms with Gasteiger partial charge in [0.2, 0.25) is 5.91 Å². The standard InChI is InChI=1S/C17H18N2O4/c1-12(20)18-14-4-2-3-13(11-14)15-5-6-16(23-15)17(21)19-7-9-22-10-8-19/h2-6,11H,7-10H2,1H3,(H,18,20). The van der Waals surface area contributed by atoms with Crippen LogP contribution < -0.4 is 5.32 Å². The van der Waals surface area contributed by atoms with E-state index in [0.717, 1.165) is 5.56 Å². The van der Waals surface area contributed by atoms with Gasteiger partial charge in [-0.15, -0.1) is 0 Å². The lowest BCUT2D eigenvalue weighted by atomic mass is 10.1. The third-order valence-electron chi connectivity index (χ3n) is 3.58. The molecule has 3 rings (SSSR count). The third kappa shape index (κ3) is 3.60. The molecule has 1 fully saturated rings. The van der Waals surface area contributed by atoms with E-state index >= 15 is 0 Å². The molecule has 1 aromatic heterocycles. The zero-order chi connectivity index (χ0) is 16.2. The molecule has 2 heterocycles. The molecular formula is C17H18N2O4. The second-order valence-corrected chi connectivity index (χ2v) is 5.33. The number of hydrogen-bond acceptors (Lipinski definition) is 4. The van der Waals surface area contributed by atoms with E-state index in [9.17, 15) is 9.59 Å². The molecule has 0 aliphatic carbocycles. The molecule has 1 N–H and O–H groups in total. The van der Waals surface area contributed by atoms with Crippen LogP contribution in [0.3, 0.4) is 0 Å². The maximum atomic E-state index is 12.4. The number of anilines is 1. The van der Waals surface area contributed by atoms with Crippen LogP contribution in [-0.4, -0.2) is 43.0 Å². The third-order valence-corrected chi connectivity index (χ3v) is 3.58. The number of carbonyl (C=O) groups is 2. The van der Waals surface area contributed by atoms with Crippen molar-refractivity contribution in [1.29, 1.82) is 0 Å². The fourth-order valence-corrected chi connectivity index (χ4v) is 2.48. The van der Waals surface area contributed by atoms with Crippen molar-refractivity contribution in [1.82, 2.24) is 4.90 Å². The number of hydrogen-bond donors (Lipinski definition) is 1. The molecule has 120 valence electrons. The lowest BCUT2D eigenvalue weighted by molar-refractivity contribution is -0.114. The summed E-state index contributed by atoms with van der Waals surface area (Å²) in [6.07, 6.45) is 0. The first kappa shape index (κ1) is 15.3. The minimum absolute atomic E-state index is 0.127. The largest absolute Gasteiger partial charge is 0.451 e. The highest BCUT2D eigenvalue weighted by molar-refractivity contribution is 5.92. The summed E-state index contributed by atoms with van der Waals surface area (Å²) in [5, 5.41) is 2.73. The molecule has 1 aromatic carbocycles. The Balaban J connectivity index is 1.78. The lowest BCUT2D eigenvalue weighted by Gasteiger charge is -2.25. The molecule has 2 amide bonds. The SMILES string of the molecule is CC(=O)Nc1cccc(-c2ccc(C(=O)N3CCOCC3)o2)c1. The molecule has 1 aliphatic rings. The van der Waals surface area contributed by atoms with Crippen LogP contribution in [0.1, 0.15) is 17.5 Å². The number of furan rings is 1. The normalized spacial score (nSPS) is 14.6. The first-order valence-electron chi connectivity index (χ1n) is 7.48. The van der Waals surface area contributed by atoms with Gasteiger partial charge in [-0.3, -0.25) is 9.59 Å². The summed E-state index contributed by atoms with van der Waals surface area (Å²) in [7, 11) is 0. The van der Waals surface area contributed by atoms with Gasteiger partial charge in [0, 0.05) is 31.3 Å². The molecule has 1 aliphatic heterocycles. The van der Waals surface area contributed by atoms with Crippen LogP contribution in [0, 0.1) is 0 Å². The Hall–Kier alpha value is -2.60. The van der Waals surface area contributed by atoms with Gasteiger partial charge in [0.25, 0.3) is 5.91 Å². The van der Waals surface area contributed by atoms with Crippen LogP contribution in [0.15, 0.2) is 40.8 Å². The van der Waals surface area contributed by atoms with E-state index in [0.29, 0.717) is 43.5 Å². The number of morpholine rings is 1. The predicted molar refractivity (Wildman–Crippen MR) is 85.2 cm³/mol. The van der Waals surface area contributed by atoms with Crippen molar-refractivity contribution in [3.8, 4) is 11.3 Å². The number of nitrogens with one attached hydrogen (secondary N) is 1. The van der Waals surface area contributed by atoms with Gasteiger partial charge in [-0.25, -0.2) is 0 Å². The van der Waals surface area contributed by atoms with E-state index in [1.54, 1.807) is 23.1 Å². The minimum Gasteiger partial charge on any atom is -0.451 e. The minimum atomic E-state index is -0.134. The molecule has 0 saturated carbocycles. The Morgan fingerprint density at radius 2 is 1.91 bits per heavy atom. The van der Waals surface area contributed by atoms with E-state index < -0.39 is 0 Å². The summed E-state index contributed by atoms with van der Waals surface area (Å²) in [5.74, 6) is 0.642. The van der Waals surface area contributed by atoms with Crippen molar-refractivity contribution in [2.75, 3.05) is 31.6 Å². The summed E-state index contributed by atoms with van der Waals surface area (Å²) in [5.41, 5.74) is 1.49. The fourth-order valence-electron chi connectivity index (χ4n) is 2.48. The number of benzene rings is 1. The zero-order valence-electron chi connectivity index (χ0n) is 12.9.